The molecule has 0 aliphatic carbocycles. The van der Waals surface area contributed by atoms with Gasteiger partial charge in [-0.2, -0.15) is 0 Å². The van der Waals surface area contributed by atoms with E-state index in [1.807, 2.05) is 56.3 Å². The standard InChI is InChI=1S/C27H26ClN5O3/c1-16-4-3-5-24(31-16)19-6-7-21(23(28)9-19)22-8-20-10-30-17(2)32-25(20)33(26(22)34)11-18-12-35-27(36-13-18)14-29-15-27/h3-10,18,29H,11-15H2,1-2H3. The Morgan fingerprint density at radius 2 is 1.89 bits per heavy atom. The van der Waals surface area contributed by atoms with E-state index in [1.165, 1.54) is 0 Å². The highest BCUT2D eigenvalue weighted by atomic mass is 35.5. The third kappa shape index (κ3) is 4.20. The molecule has 5 heterocycles. The van der Waals surface area contributed by atoms with Crippen LogP contribution >= 0.6 is 11.6 Å². The molecule has 2 saturated heterocycles. The third-order valence-electron chi connectivity index (χ3n) is 6.78. The van der Waals surface area contributed by atoms with Crippen LogP contribution in [-0.4, -0.2) is 51.6 Å². The molecule has 0 saturated carbocycles. The van der Waals surface area contributed by atoms with E-state index in [-0.39, 0.29) is 11.5 Å². The zero-order valence-electron chi connectivity index (χ0n) is 20.1. The van der Waals surface area contributed by atoms with E-state index >= 15 is 0 Å². The Kier molecular flexibility index (Phi) is 5.84. The van der Waals surface area contributed by atoms with Crippen LogP contribution in [0.4, 0.5) is 0 Å². The van der Waals surface area contributed by atoms with Crippen LogP contribution in [0.3, 0.4) is 0 Å². The van der Waals surface area contributed by atoms with Crippen LogP contribution in [0.15, 0.2) is 53.5 Å². The monoisotopic (exact) mass is 503 g/mol. The number of pyridine rings is 2. The summed E-state index contributed by atoms with van der Waals surface area (Å²) >= 11 is 6.75. The van der Waals surface area contributed by atoms with Gasteiger partial charge in [-0.3, -0.25) is 14.3 Å². The van der Waals surface area contributed by atoms with Gasteiger partial charge in [0.15, 0.2) is 5.79 Å². The summed E-state index contributed by atoms with van der Waals surface area (Å²) in [6.45, 7) is 6.61. The van der Waals surface area contributed by atoms with Gasteiger partial charge in [0.2, 0.25) is 0 Å². The second-order valence-corrected chi connectivity index (χ2v) is 9.94. The molecule has 2 aliphatic heterocycles. The maximum absolute atomic E-state index is 13.9. The largest absolute Gasteiger partial charge is 0.347 e. The van der Waals surface area contributed by atoms with Crippen molar-refractivity contribution in [3.8, 4) is 22.4 Å². The number of benzene rings is 1. The van der Waals surface area contributed by atoms with Gasteiger partial charge < -0.3 is 14.8 Å². The minimum atomic E-state index is -0.508. The Morgan fingerprint density at radius 1 is 1.08 bits per heavy atom. The SMILES string of the molecule is Cc1cccc(-c2ccc(-c3cc4cnc(C)nc4n(CC4COC5(CNC5)OC4)c3=O)c(Cl)c2)n1. The number of nitrogens with zero attached hydrogens (tertiary/aromatic N) is 4. The van der Waals surface area contributed by atoms with E-state index in [2.05, 4.69) is 20.3 Å². The van der Waals surface area contributed by atoms with Crippen LogP contribution in [0.5, 0.6) is 0 Å². The Morgan fingerprint density at radius 3 is 2.58 bits per heavy atom. The molecule has 36 heavy (non-hydrogen) atoms. The van der Waals surface area contributed by atoms with Crippen LogP contribution in [0.2, 0.25) is 5.02 Å². The lowest BCUT2D eigenvalue weighted by Gasteiger charge is -2.46. The second-order valence-electron chi connectivity index (χ2n) is 9.53. The van der Waals surface area contributed by atoms with Gasteiger partial charge in [0.25, 0.3) is 5.56 Å². The number of ether oxygens (including phenoxy) is 2. The maximum atomic E-state index is 13.9. The average molecular weight is 504 g/mol. The molecular weight excluding hydrogens is 478 g/mol. The molecule has 8 nitrogen and oxygen atoms in total. The smallest absolute Gasteiger partial charge is 0.260 e. The molecule has 2 aliphatic rings. The van der Waals surface area contributed by atoms with Gasteiger partial charge >= 0.3 is 0 Å². The van der Waals surface area contributed by atoms with Gasteiger partial charge in [-0.1, -0.05) is 29.8 Å². The molecule has 184 valence electrons. The molecule has 0 bridgehead atoms. The van der Waals surface area contributed by atoms with Crippen LogP contribution in [0.1, 0.15) is 11.5 Å². The van der Waals surface area contributed by atoms with Crippen molar-refractivity contribution in [2.75, 3.05) is 26.3 Å². The van der Waals surface area contributed by atoms with Crippen molar-refractivity contribution in [2.24, 2.45) is 5.92 Å². The number of hydrogen-bond donors (Lipinski definition) is 1. The topological polar surface area (TPSA) is 91.2 Å². The van der Waals surface area contributed by atoms with Crippen LogP contribution in [0, 0.1) is 19.8 Å². The van der Waals surface area contributed by atoms with E-state index in [1.54, 1.807) is 10.8 Å². The fourth-order valence-corrected chi connectivity index (χ4v) is 5.01. The van der Waals surface area contributed by atoms with Crippen molar-refractivity contribution in [1.29, 1.82) is 0 Å². The lowest BCUT2D eigenvalue weighted by molar-refractivity contribution is -0.302. The zero-order valence-corrected chi connectivity index (χ0v) is 20.9. The summed E-state index contributed by atoms with van der Waals surface area (Å²) in [5, 5.41) is 4.44. The number of nitrogens with one attached hydrogen (secondary N) is 1. The summed E-state index contributed by atoms with van der Waals surface area (Å²) in [5.74, 6) is 0.117. The minimum absolute atomic E-state index is 0.0212. The molecule has 4 aromatic rings. The number of aryl methyl sites for hydroxylation is 2. The summed E-state index contributed by atoms with van der Waals surface area (Å²) < 4.78 is 13.7. The van der Waals surface area contributed by atoms with E-state index < -0.39 is 5.79 Å². The molecule has 1 aromatic carbocycles. The first-order valence-electron chi connectivity index (χ1n) is 12.0. The van der Waals surface area contributed by atoms with Crippen molar-refractivity contribution >= 4 is 22.6 Å². The van der Waals surface area contributed by atoms with Gasteiger partial charge in [-0.15, -0.1) is 0 Å². The Balaban J connectivity index is 1.40. The first-order chi connectivity index (χ1) is 17.4. The molecular formula is C27H26ClN5O3. The van der Waals surface area contributed by atoms with Crippen molar-refractivity contribution in [3.63, 3.8) is 0 Å². The van der Waals surface area contributed by atoms with Crippen molar-refractivity contribution in [3.05, 3.63) is 75.6 Å². The fourth-order valence-electron chi connectivity index (χ4n) is 4.73. The Bertz CT molecular complexity index is 1520. The molecule has 0 amide bonds. The summed E-state index contributed by atoms with van der Waals surface area (Å²) in [7, 11) is 0. The van der Waals surface area contributed by atoms with E-state index in [0.717, 1.165) is 22.3 Å². The molecule has 3 aromatic heterocycles. The van der Waals surface area contributed by atoms with Crippen molar-refractivity contribution in [1.82, 2.24) is 24.8 Å². The van der Waals surface area contributed by atoms with Crippen LogP contribution in [0.25, 0.3) is 33.4 Å². The lowest BCUT2D eigenvalue weighted by Crippen LogP contribution is -2.65. The highest BCUT2D eigenvalue weighted by Crippen LogP contribution is 2.32. The van der Waals surface area contributed by atoms with Crippen LogP contribution < -0.4 is 10.9 Å². The summed E-state index contributed by atoms with van der Waals surface area (Å²) in [6.07, 6.45) is 1.75. The van der Waals surface area contributed by atoms with Gasteiger partial charge in [-0.25, -0.2) is 9.97 Å². The zero-order chi connectivity index (χ0) is 24.9. The molecule has 1 spiro atoms. The summed E-state index contributed by atoms with van der Waals surface area (Å²) in [5.41, 5.74) is 4.25. The molecule has 0 atom stereocenters. The van der Waals surface area contributed by atoms with Crippen molar-refractivity contribution in [2.45, 2.75) is 26.2 Å². The first-order valence-corrected chi connectivity index (χ1v) is 12.4. The maximum Gasteiger partial charge on any atom is 0.260 e. The second kappa shape index (κ2) is 9.05. The van der Waals surface area contributed by atoms with E-state index in [0.29, 0.717) is 60.5 Å². The van der Waals surface area contributed by atoms with Gasteiger partial charge in [0, 0.05) is 51.5 Å². The minimum Gasteiger partial charge on any atom is -0.347 e. The molecule has 2 fully saturated rings. The third-order valence-corrected chi connectivity index (χ3v) is 7.10. The van der Waals surface area contributed by atoms with Crippen molar-refractivity contribution < 1.29 is 9.47 Å². The Hall–Kier alpha value is -3.17. The molecule has 0 unspecified atom stereocenters. The summed E-state index contributed by atoms with van der Waals surface area (Å²) in [4.78, 5) is 27.4. The van der Waals surface area contributed by atoms with Gasteiger partial charge in [0.1, 0.15) is 11.5 Å². The number of halogens is 1. The predicted octanol–water partition coefficient (Wildman–Crippen LogP) is 3.75. The number of fused-ring (bicyclic) bond motifs is 1. The molecule has 0 radical (unpaired) electrons. The lowest BCUT2D eigenvalue weighted by atomic mass is 10.0. The molecule has 1 N–H and O–H groups in total. The average Bonchev–Trinajstić information content (AvgIpc) is 2.85. The highest BCUT2D eigenvalue weighted by molar-refractivity contribution is 6.33. The number of hydrogen-bond acceptors (Lipinski definition) is 7. The Labute approximate surface area is 213 Å². The normalized spacial score (nSPS) is 17.4. The van der Waals surface area contributed by atoms with Crippen LogP contribution in [-0.2, 0) is 16.0 Å². The predicted molar refractivity (Wildman–Crippen MR) is 138 cm³/mol. The molecule has 6 rings (SSSR count). The molecule has 9 heteroatoms. The highest BCUT2D eigenvalue weighted by Gasteiger charge is 2.43. The number of rotatable bonds is 4. The fraction of sp³-hybridized carbons (Fsp3) is 0.333. The number of aromatic nitrogens is 4. The quantitative estimate of drug-likeness (QED) is 0.453. The van der Waals surface area contributed by atoms with E-state index in [9.17, 15) is 4.79 Å². The van der Waals surface area contributed by atoms with Gasteiger partial charge in [-0.05, 0) is 38.1 Å². The van der Waals surface area contributed by atoms with Gasteiger partial charge in [0.05, 0.1) is 32.0 Å². The summed E-state index contributed by atoms with van der Waals surface area (Å²) in [6, 6.07) is 13.4. The van der Waals surface area contributed by atoms with E-state index in [4.69, 9.17) is 21.1 Å². The first kappa shape index (κ1) is 23.2.